The molecule has 2 unspecified atom stereocenters. The van der Waals surface area contributed by atoms with Crippen molar-refractivity contribution >= 4 is 11.9 Å². The molecule has 2 atom stereocenters. The Bertz CT molecular complexity index is 333. The van der Waals surface area contributed by atoms with Gasteiger partial charge in [0.25, 0.3) is 0 Å². The van der Waals surface area contributed by atoms with Gasteiger partial charge in [0.1, 0.15) is 0 Å². The lowest BCUT2D eigenvalue weighted by Gasteiger charge is -2.28. The van der Waals surface area contributed by atoms with Gasteiger partial charge in [0.15, 0.2) is 0 Å². The highest BCUT2D eigenvalue weighted by Crippen LogP contribution is 2.30. The number of hydrogen-bond donors (Lipinski definition) is 2. The minimum Gasteiger partial charge on any atom is -0.481 e. The van der Waals surface area contributed by atoms with Gasteiger partial charge in [-0.15, -0.1) is 0 Å². The van der Waals surface area contributed by atoms with Crippen molar-refractivity contribution in [3.05, 3.63) is 0 Å². The smallest absolute Gasteiger partial charge is 0.308 e. The summed E-state index contributed by atoms with van der Waals surface area (Å²) in [6, 6.07) is 0. The van der Waals surface area contributed by atoms with Crippen molar-refractivity contribution in [1.29, 1.82) is 0 Å². The van der Waals surface area contributed by atoms with Crippen LogP contribution >= 0.6 is 0 Å². The van der Waals surface area contributed by atoms with Crippen LogP contribution in [0.2, 0.25) is 0 Å². The molecule has 1 heterocycles. The summed E-state index contributed by atoms with van der Waals surface area (Å²) in [6.07, 6.45) is 7.11. The zero-order valence-corrected chi connectivity index (χ0v) is 12.0. The molecule has 5 nitrogen and oxygen atoms in total. The van der Waals surface area contributed by atoms with E-state index in [-0.39, 0.29) is 24.3 Å². The van der Waals surface area contributed by atoms with Crippen molar-refractivity contribution in [2.45, 2.75) is 44.9 Å². The number of rotatable bonds is 5. The second-order valence-corrected chi connectivity index (χ2v) is 6.00. The molecule has 0 spiro atoms. The number of amides is 1. The molecule has 2 aliphatic rings. The second-order valence-electron chi connectivity index (χ2n) is 6.00. The summed E-state index contributed by atoms with van der Waals surface area (Å²) in [5.41, 5.74) is 0. The molecule has 2 N–H and O–H groups in total. The number of nitrogens with one attached hydrogen (secondary N) is 1. The maximum absolute atomic E-state index is 12.0. The van der Waals surface area contributed by atoms with Gasteiger partial charge in [0.05, 0.1) is 18.4 Å². The maximum Gasteiger partial charge on any atom is 0.308 e. The lowest BCUT2D eigenvalue weighted by molar-refractivity contribution is -0.144. The zero-order valence-electron chi connectivity index (χ0n) is 12.0. The van der Waals surface area contributed by atoms with Gasteiger partial charge in [-0.05, 0) is 31.6 Å². The molecular formula is C15H25NO4. The molecule has 0 radical (unpaired) electrons. The average Bonchev–Trinajstić information content (AvgIpc) is 2.49. The minimum atomic E-state index is -0.780. The summed E-state index contributed by atoms with van der Waals surface area (Å²) in [4.78, 5) is 23.4. The van der Waals surface area contributed by atoms with Crippen LogP contribution in [0.3, 0.4) is 0 Å². The Morgan fingerprint density at radius 1 is 1.15 bits per heavy atom. The molecule has 5 heteroatoms. The molecule has 1 saturated carbocycles. The Balaban J connectivity index is 1.81. The van der Waals surface area contributed by atoms with Crippen molar-refractivity contribution in [3.63, 3.8) is 0 Å². The largest absolute Gasteiger partial charge is 0.481 e. The molecule has 2 rings (SSSR count). The van der Waals surface area contributed by atoms with E-state index in [1.54, 1.807) is 0 Å². The molecule has 1 amide bonds. The lowest BCUT2D eigenvalue weighted by Crippen LogP contribution is -2.41. The van der Waals surface area contributed by atoms with E-state index in [9.17, 15) is 14.7 Å². The normalized spacial score (nSPS) is 25.9. The Morgan fingerprint density at radius 3 is 2.50 bits per heavy atom. The molecular weight excluding hydrogens is 258 g/mol. The van der Waals surface area contributed by atoms with E-state index in [1.165, 1.54) is 6.42 Å². The van der Waals surface area contributed by atoms with Crippen molar-refractivity contribution in [1.82, 2.24) is 5.32 Å². The van der Waals surface area contributed by atoms with Gasteiger partial charge in [-0.2, -0.15) is 0 Å². The highest BCUT2D eigenvalue weighted by molar-refractivity contribution is 5.79. The van der Waals surface area contributed by atoms with Gasteiger partial charge in [-0.1, -0.05) is 19.3 Å². The van der Waals surface area contributed by atoms with E-state index in [0.29, 0.717) is 6.61 Å². The first-order valence-corrected chi connectivity index (χ1v) is 7.76. The van der Waals surface area contributed by atoms with Crippen LogP contribution in [0.4, 0.5) is 0 Å². The fourth-order valence-corrected chi connectivity index (χ4v) is 3.29. The maximum atomic E-state index is 12.0. The van der Waals surface area contributed by atoms with E-state index in [2.05, 4.69) is 5.32 Å². The van der Waals surface area contributed by atoms with Crippen molar-refractivity contribution in [2.24, 2.45) is 17.8 Å². The summed E-state index contributed by atoms with van der Waals surface area (Å²) in [5.74, 6) is -1.17. The van der Waals surface area contributed by atoms with E-state index >= 15 is 0 Å². The summed E-state index contributed by atoms with van der Waals surface area (Å²) in [6.45, 7) is 1.45. The van der Waals surface area contributed by atoms with Crippen LogP contribution in [0.15, 0.2) is 0 Å². The Hall–Kier alpha value is -1.10. The third-order valence-corrected chi connectivity index (χ3v) is 4.56. The van der Waals surface area contributed by atoms with Crippen molar-refractivity contribution in [2.75, 3.05) is 19.8 Å². The highest BCUT2D eigenvalue weighted by atomic mass is 16.5. The quantitative estimate of drug-likeness (QED) is 0.807. The molecule has 114 valence electrons. The fraction of sp³-hybridized carbons (Fsp3) is 0.867. The summed E-state index contributed by atoms with van der Waals surface area (Å²) in [5, 5.41) is 12.2. The molecule has 0 bridgehead atoms. The molecule has 1 aliphatic heterocycles. The van der Waals surface area contributed by atoms with Crippen molar-refractivity contribution < 1.29 is 19.4 Å². The summed E-state index contributed by atoms with van der Waals surface area (Å²) < 4.78 is 5.30. The third-order valence-electron chi connectivity index (χ3n) is 4.56. The lowest BCUT2D eigenvalue weighted by atomic mass is 9.80. The minimum absolute atomic E-state index is 0.0493. The predicted molar refractivity (Wildman–Crippen MR) is 74.3 cm³/mol. The summed E-state index contributed by atoms with van der Waals surface area (Å²) >= 11 is 0. The first-order chi connectivity index (χ1) is 9.68. The molecule has 0 aromatic carbocycles. The molecule has 0 aromatic rings. The number of ether oxygens (including phenoxy) is 1. The van der Waals surface area contributed by atoms with E-state index in [0.717, 1.165) is 45.1 Å². The molecule has 1 aliphatic carbocycles. The van der Waals surface area contributed by atoms with E-state index in [4.69, 9.17) is 4.74 Å². The van der Waals surface area contributed by atoms with Gasteiger partial charge in [0, 0.05) is 13.2 Å². The second kappa shape index (κ2) is 7.62. The molecule has 2 fully saturated rings. The molecule has 0 aromatic heterocycles. The van der Waals surface area contributed by atoms with E-state index in [1.807, 2.05) is 0 Å². The van der Waals surface area contributed by atoms with Gasteiger partial charge in [0.2, 0.25) is 5.91 Å². The van der Waals surface area contributed by atoms with Crippen LogP contribution in [0, 0.1) is 17.8 Å². The highest BCUT2D eigenvalue weighted by Gasteiger charge is 2.30. The number of hydrogen-bond acceptors (Lipinski definition) is 3. The van der Waals surface area contributed by atoms with Gasteiger partial charge < -0.3 is 15.2 Å². The number of aliphatic carboxylic acids is 1. The monoisotopic (exact) mass is 283 g/mol. The summed E-state index contributed by atoms with van der Waals surface area (Å²) in [7, 11) is 0. The van der Waals surface area contributed by atoms with Crippen LogP contribution in [-0.2, 0) is 14.3 Å². The number of carbonyl (C=O) groups excluding carboxylic acids is 1. The van der Waals surface area contributed by atoms with Crippen molar-refractivity contribution in [3.8, 4) is 0 Å². The van der Waals surface area contributed by atoms with Crippen LogP contribution in [0.25, 0.3) is 0 Å². The molecule has 1 saturated heterocycles. The number of carboxylic acid groups (broad SMARTS) is 1. The van der Waals surface area contributed by atoms with Crippen LogP contribution < -0.4 is 5.32 Å². The molecule has 20 heavy (non-hydrogen) atoms. The standard InChI is InChI=1S/C15H25NO4/c17-14(12-7-4-8-20-10-12)16-9-13(15(18)19)11-5-2-1-3-6-11/h11-13H,1-10H2,(H,16,17)(H,18,19). The average molecular weight is 283 g/mol. The van der Waals surface area contributed by atoms with Gasteiger partial charge >= 0.3 is 5.97 Å². The third kappa shape index (κ3) is 4.20. The zero-order chi connectivity index (χ0) is 14.4. The fourth-order valence-electron chi connectivity index (χ4n) is 3.29. The Labute approximate surface area is 120 Å². The Morgan fingerprint density at radius 2 is 1.90 bits per heavy atom. The topological polar surface area (TPSA) is 75.6 Å². The first-order valence-electron chi connectivity index (χ1n) is 7.76. The number of carbonyl (C=O) groups is 2. The van der Waals surface area contributed by atoms with Crippen LogP contribution in [0.1, 0.15) is 44.9 Å². The predicted octanol–water partition coefficient (Wildman–Crippen LogP) is 1.81. The first kappa shape index (κ1) is 15.3. The van der Waals surface area contributed by atoms with Crippen LogP contribution in [-0.4, -0.2) is 36.7 Å². The van der Waals surface area contributed by atoms with E-state index < -0.39 is 11.9 Å². The SMILES string of the molecule is O=C(NCC(C(=O)O)C1CCCCC1)C1CCCOC1. The van der Waals surface area contributed by atoms with Crippen LogP contribution in [0.5, 0.6) is 0 Å². The Kier molecular flexibility index (Phi) is 5.83. The van der Waals surface area contributed by atoms with Gasteiger partial charge in [-0.3, -0.25) is 9.59 Å². The van der Waals surface area contributed by atoms with Gasteiger partial charge in [-0.25, -0.2) is 0 Å². The number of carboxylic acids is 1.